The Morgan fingerprint density at radius 3 is 2.81 bits per heavy atom. The molecule has 1 aromatic carbocycles. The summed E-state index contributed by atoms with van der Waals surface area (Å²) in [4.78, 5) is 38.5. The van der Waals surface area contributed by atoms with Crippen molar-refractivity contribution in [2.45, 2.75) is 38.8 Å². The molecule has 3 amide bonds. The van der Waals surface area contributed by atoms with Crippen LogP contribution in [0.15, 0.2) is 35.4 Å². The van der Waals surface area contributed by atoms with Gasteiger partial charge < -0.3 is 9.88 Å². The van der Waals surface area contributed by atoms with Gasteiger partial charge in [0.15, 0.2) is 0 Å². The van der Waals surface area contributed by atoms with Crippen LogP contribution in [-0.4, -0.2) is 39.1 Å². The van der Waals surface area contributed by atoms with Gasteiger partial charge in [0, 0.05) is 35.2 Å². The summed E-state index contributed by atoms with van der Waals surface area (Å²) in [6.07, 6.45) is 6.48. The number of nitrogens with zero attached hydrogens (tertiary/aromatic N) is 2. The van der Waals surface area contributed by atoms with Crippen LogP contribution in [0.1, 0.15) is 31.7 Å². The number of benzene rings is 1. The highest BCUT2D eigenvalue weighted by Crippen LogP contribution is 2.34. The van der Waals surface area contributed by atoms with Gasteiger partial charge in [-0.15, -0.1) is 0 Å². The normalized spacial score (nSPS) is 18.7. The second-order valence-electron chi connectivity index (χ2n) is 6.90. The zero-order chi connectivity index (χ0) is 19.0. The van der Waals surface area contributed by atoms with Crippen LogP contribution in [0.5, 0.6) is 0 Å². The predicted molar refractivity (Wildman–Crippen MR) is 106 cm³/mol. The summed E-state index contributed by atoms with van der Waals surface area (Å²) < 4.78 is 1.90. The number of fused-ring (bicyclic) bond motifs is 1. The van der Waals surface area contributed by atoms with Gasteiger partial charge in [-0.25, -0.2) is 0 Å². The van der Waals surface area contributed by atoms with Crippen molar-refractivity contribution in [3.63, 3.8) is 0 Å². The fourth-order valence-corrected chi connectivity index (χ4v) is 4.09. The van der Waals surface area contributed by atoms with Gasteiger partial charge in [-0.05, 0) is 43.2 Å². The second kappa shape index (κ2) is 7.23. The first-order valence-electron chi connectivity index (χ1n) is 9.19. The number of nitrogens with one attached hydrogen (secondary N) is 1. The average Bonchev–Trinajstić information content (AvgIpc) is 3.34. The highest BCUT2D eigenvalue weighted by Gasteiger charge is 2.34. The Morgan fingerprint density at radius 2 is 2.07 bits per heavy atom. The van der Waals surface area contributed by atoms with E-state index >= 15 is 0 Å². The molecule has 1 aromatic heterocycles. The van der Waals surface area contributed by atoms with E-state index in [1.807, 2.05) is 42.0 Å². The van der Waals surface area contributed by atoms with Crippen molar-refractivity contribution >= 4 is 45.8 Å². The molecule has 27 heavy (non-hydrogen) atoms. The Balaban J connectivity index is 1.65. The fraction of sp³-hybridized carbons (Fsp3) is 0.350. The van der Waals surface area contributed by atoms with Crippen LogP contribution in [0, 0.1) is 0 Å². The van der Waals surface area contributed by atoms with E-state index in [0.717, 1.165) is 47.5 Å². The topological polar surface area (TPSA) is 71.4 Å². The van der Waals surface area contributed by atoms with E-state index in [9.17, 15) is 14.4 Å². The van der Waals surface area contributed by atoms with Crippen molar-refractivity contribution in [2.75, 3.05) is 6.54 Å². The van der Waals surface area contributed by atoms with Gasteiger partial charge in [0.05, 0.1) is 4.91 Å². The van der Waals surface area contributed by atoms with Crippen molar-refractivity contribution in [1.82, 2.24) is 14.8 Å². The largest absolute Gasteiger partial charge is 0.352 e. The lowest BCUT2D eigenvalue weighted by Crippen LogP contribution is -2.29. The molecule has 6 nitrogen and oxygen atoms in total. The number of aromatic nitrogens is 1. The Hall–Kier alpha value is -2.54. The smallest absolute Gasteiger partial charge is 0.293 e. The van der Waals surface area contributed by atoms with E-state index < -0.39 is 0 Å². The molecule has 4 rings (SSSR count). The summed E-state index contributed by atoms with van der Waals surface area (Å²) in [5.74, 6) is -0.247. The van der Waals surface area contributed by atoms with E-state index in [4.69, 9.17) is 0 Å². The zero-order valence-electron chi connectivity index (χ0n) is 15.1. The lowest BCUT2D eigenvalue weighted by atomic mass is 10.1. The third-order valence-electron chi connectivity index (χ3n) is 4.68. The molecule has 1 aliphatic heterocycles. The summed E-state index contributed by atoms with van der Waals surface area (Å²) in [5, 5.41) is 3.73. The number of amides is 3. The van der Waals surface area contributed by atoms with Crippen molar-refractivity contribution in [1.29, 1.82) is 0 Å². The number of rotatable bonds is 6. The van der Waals surface area contributed by atoms with Crippen LogP contribution >= 0.6 is 11.8 Å². The van der Waals surface area contributed by atoms with E-state index in [0.29, 0.717) is 17.5 Å². The lowest BCUT2D eigenvalue weighted by molar-refractivity contribution is -0.123. The van der Waals surface area contributed by atoms with Crippen LogP contribution in [0.3, 0.4) is 0 Å². The van der Waals surface area contributed by atoms with Crippen LogP contribution in [-0.2, 0) is 16.1 Å². The first-order valence-corrected chi connectivity index (χ1v) is 10.0. The maximum atomic E-state index is 12.5. The molecule has 7 heteroatoms. The molecule has 1 saturated heterocycles. The number of carbonyl (C=O) groups is 3. The maximum Gasteiger partial charge on any atom is 0.293 e. The maximum absolute atomic E-state index is 12.5. The number of imide groups is 1. The standard InChI is InChI=1S/C20H21N3O3S/c1-2-9-23-19(25)17(27-20(23)26)10-13-11-22(12-18(24)21-14-7-8-14)16-6-4-3-5-15(13)16/h3-6,10-11,14H,2,7-9,12H2,1H3,(H,21,24)/b17-10-. The molecule has 140 valence electrons. The molecule has 2 aromatic rings. The quantitative estimate of drug-likeness (QED) is 0.777. The Morgan fingerprint density at radius 1 is 1.30 bits per heavy atom. The number of hydrogen-bond donors (Lipinski definition) is 1. The van der Waals surface area contributed by atoms with Crippen LogP contribution < -0.4 is 5.32 Å². The first kappa shape index (κ1) is 17.9. The fourth-order valence-electron chi connectivity index (χ4n) is 3.23. The Kier molecular flexibility index (Phi) is 4.78. The summed E-state index contributed by atoms with van der Waals surface area (Å²) in [5.41, 5.74) is 1.77. The summed E-state index contributed by atoms with van der Waals surface area (Å²) >= 11 is 0.975. The number of thioether (sulfide) groups is 1. The molecular formula is C20H21N3O3S. The minimum Gasteiger partial charge on any atom is -0.352 e. The molecule has 1 N–H and O–H groups in total. The van der Waals surface area contributed by atoms with Gasteiger partial charge in [0.25, 0.3) is 11.1 Å². The second-order valence-corrected chi connectivity index (χ2v) is 7.90. The lowest BCUT2D eigenvalue weighted by Gasteiger charge is -2.09. The summed E-state index contributed by atoms with van der Waals surface area (Å²) in [6.45, 7) is 2.61. The molecule has 1 aliphatic carbocycles. The van der Waals surface area contributed by atoms with Crippen molar-refractivity contribution < 1.29 is 14.4 Å². The number of carbonyl (C=O) groups excluding carboxylic acids is 3. The molecule has 0 atom stereocenters. The molecule has 0 bridgehead atoms. The van der Waals surface area contributed by atoms with Gasteiger partial charge in [0.1, 0.15) is 6.54 Å². The number of para-hydroxylation sites is 1. The van der Waals surface area contributed by atoms with E-state index in [2.05, 4.69) is 5.32 Å². The minimum absolute atomic E-state index is 0.00641. The molecule has 2 fully saturated rings. The average molecular weight is 383 g/mol. The molecule has 2 aliphatic rings. The van der Waals surface area contributed by atoms with Crippen molar-refractivity contribution in [3.05, 3.63) is 40.9 Å². The third-order valence-corrected chi connectivity index (χ3v) is 5.59. The summed E-state index contributed by atoms with van der Waals surface area (Å²) in [7, 11) is 0. The summed E-state index contributed by atoms with van der Waals surface area (Å²) in [6, 6.07) is 8.10. The first-order chi connectivity index (χ1) is 13.1. The Labute approximate surface area is 161 Å². The number of hydrogen-bond acceptors (Lipinski definition) is 4. The highest BCUT2D eigenvalue weighted by molar-refractivity contribution is 8.18. The van der Waals surface area contributed by atoms with Crippen LogP contribution in [0.2, 0.25) is 0 Å². The molecule has 0 spiro atoms. The predicted octanol–water partition coefficient (Wildman–Crippen LogP) is 3.37. The molecular weight excluding hydrogens is 362 g/mol. The van der Waals surface area contributed by atoms with Gasteiger partial charge in [-0.1, -0.05) is 25.1 Å². The minimum atomic E-state index is -0.241. The Bertz CT molecular complexity index is 959. The molecule has 0 unspecified atom stereocenters. The van der Waals surface area contributed by atoms with Crippen LogP contribution in [0.4, 0.5) is 4.79 Å². The van der Waals surface area contributed by atoms with Crippen molar-refractivity contribution in [3.8, 4) is 0 Å². The van der Waals surface area contributed by atoms with Crippen molar-refractivity contribution in [2.24, 2.45) is 0 Å². The SMILES string of the molecule is CCCN1C(=O)S/C(=C\c2cn(CC(=O)NC3CC3)c3ccccc23)C1=O. The molecule has 0 radical (unpaired) electrons. The molecule has 2 heterocycles. The monoisotopic (exact) mass is 383 g/mol. The van der Waals surface area contributed by atoms with E-state index in [1.165, 1.54) is 4.90 Å². The van der Waals surface area contributed by atoms with E-state index in [-0.39, 0.29) is 23.6 Å². The van der Waals surface area contributed by atoms with Crippen LogP contribution in [0.25, 0.3) is 17.0 Å². The van der Waals surface area contributed by atoms with Gasteiger partial charge in [-0.3, -0.25) is 19.3 Å². The highest BCUT2D eigenvalue weighted by atomic mass is 32.2. The third kappa shape index (κ3) is 3.64. The van der Waals surface area contributed by atoms with Gasteiger partial charge in [0.2, 0.25) is 5.91 Å². The molecule has 1 saturated carbocycles. The van der Waals surface area contributed by atoms with Gasteiger partial charge >= 0.3 is 0 Å². The van der Waals surface area contributed by atoms with Gasteiger partial charge in [-0.2, -0.15) is 0 Å². The van der Waals surface area contributed by atoms with E-state index in [1.54, 1.807) is 6.08 Å². The zero-order valence-corrected chi connectivity index (χ0v) is 15.9.